The summed E-state index contributed by atoms with van der Waals surface area (Å²) < 4.78 is 25.3. The van der Waals surface area contributed by atoms with Gasteiger partial charge in [-0.05, 0) is 24.1 Å². The van der Waals surface area contributed by atoms with E-state index >= 15 is 0 Å². The van der Waals surface area contributed by atoms with E-state index in [0.29, 0.717) is 6.42 Å². The fourth-order valence-corrected chi connectivity index (χ4v) is 1.14. The van der Waals surface area contributed by atoms with E-state index < -0.39 is 23.8 Å². The Morgan fingerprint density at radius 3 is 2.36 bits per heavy atom. The molecule has 0 aliphatic rings. The summed E-state index contributed by atoms with van der Waals surface area (Å²) in [4.78, 5) is 0. The van der Waals surface area contributed by atoms with E-state index in [4.69, 9.17) is 0 Å². The van der Waals surface area contributed by atoms with Crippen molar-refractivity contribution in [3.8, 4) is 0 Å². The van der Waals surface area contributed by atoms with Gasteiger partial charge in [0, 0.05) is 0 Å². The number of halogens is 2. The molecule has 0 heterocycles. The summed E-state index contributed by atoms with van der Waals surface area (Å²) in [5, 5.41) is 18.7. The lowest BCUT2D eigenvalue weighted by atomic mass is 10.0. The van der Waals surface area contributed by atoms with Gasteiger partial charge in [-0.2, -0.15) is 0 Å². The van der Waals surface area contributed by atoms with Gasteiger partial charge in [0.25, 0.3) is 0 Å². The molecule has 4 heteroatoms. The van der Waals surface area contributed by atoms with Gasteiger partial charge in [-0.3, -0.25) is 0 Å². The number of benzene rings is 1. The maximum atomic E-state index is 12.7. The number of rotatable bonds is 3. The third-order valence-electron chi connectivity index (χ3n) is 2.07. The Labute approximate surface area is 80.8 Å². The summed E-state index contributed by atoms with van der Waals surface area (Å²) in [6.07, 6.45) is -1.78. The molecular formula is C10H12F2O2. The van der Waals surface area contributed by atoms with E-state index in [2.05, 4.69) is 0 Å². The van der Waals surface area contributed by atoms with Crippen LogP contribution in [0.4, 0.5) is 8.78 Å². The van der Waals surface area contributed by atoms with E-state index in [1.807, 2.05) is 0 Å². The first-order chi connectivity index (χ1) is 6.56. The van der Waals surface area contributed by atoms with Crippen LogP contribution in [0.5, 0.6) is 0 Å². The van der Waals surface area contributed by atoms with Crippen molar-refractivity contribution in [3.63, 3.8) is 0 Å². The van der Waals surface area contributed by atoms with Crippen LogP contribution in [-0.2, 0) is 0 Å². The molecule has 2 unspecified atom stereocenters. The third-order valence-corrected chi connectivity index (χ3v) is 2.07. The Bertz CT molecular complexity index is 315. The first kappa shape index (κ1) is 11.1. The topological polar surface area (TPSA) is 40.5 Å². The highest BCUT2D eigenvalue weighted by Crippen LogP contribution is 2.20. The molecule has 0 aliphatic carbocycles. The Balaban J connectivity index is 2.91. The molecule has 1 aromatic carbocycles. The molecule has 0 amide bonds. The summed E-state index contributed by atoms with van der Waals surface area (Å²) in [6.45, 7) is 1.69. The van der Waals surface area contributed by atoms with Gasteiger partial charge < -0.3 is 10.2 Å². The monoisotopic (exact) mass is 202 g/mol. The van der Waals surface area contributed by atoms with Crippen molar-refractivity contribution in [1.29, 1.82) is 0 Å². The predicted molar refractivity (Wildman–Crippen MR) is 47.6 cm³/mol. The number of hydrogen-bond donors (Lipinski definition) is 2. The molecule has 1 aromatic rings. The van der Waals surface area contributed by atoms with Crippen LogP contribution < -0.4 is 0 Å². The lowest BCUT2D eigenvalue weighted by Gasteiger charge is -2.16. The van der Waals surface area contributed by atoms with Crippen molar-refractivity contribution in [2.75, 3.05) is 0 Å². The van der Waals surface area contributed by atoms with Crippen LogP contribution in [0.2, 0.25) is 0 Å². The van der Waals surface area contributed by atoms with Gasteiger partial charge in [-0.25, -0.2) is 8.78 Å². The van der Waals surface area contributed by atoms with Crippen LogP contribution in [0.3, 0.4) is 0 Å². The molecule has 0 spiro atoms. The SMILES string of the molecule is CCC(O)C(O)c1ccc(F)c(F)c1. The maximum Gasteiger partial charge on any atom is 0.159 e. The fraction of sp³-hybridized carbons (Fsp3) is 0.400. The van der Waals surface area contributed by atoms with Crippen molar-refractivity contribution in [2.45, 2.75) is 25.6 Å². The second kappa shape index (κ2) is 4.48. The standard InChI is InChI=1S/C10H12F2O2/c1-2-9(13)10(14)6-3-4-7(11)8(12)5-6/h3-5,9-10,13-14H,2H2,1H3. The smallest absolute Gasteiger partial charge is 0.159 e. The Kier molecular flexibility index (Phi) is 3.55. The summed E-state index contributed by atoms with van der Waals surface area (Å²) in [6, 6.07) is 3.07. The zero-order valence-electron chi connectivity index (χ0n) is 7.74. The molecule has 1 rings (SSSR count). The molecule has 0 bridgehead atoms. The van der Waals surface area contributed by atoms with E-state index in [-0.39, 0.29) is 5.56 Å². The zero-order valence-corrected chi connectivity index (χ0v) is 7.74. The largest absolute Gasteiger partial charge is 0.390 e. The lowest BCUT2D eigenvalue weighted by molar-refractivity contribution is 0.0162. The van der Waals surface area contributed by atoms with Gasteiger partial charge in [-0.1, -0.05) is 13.0 Å². The van der Waals surface area contributed by atoms with Crippen LogP contribution >= 0.6 is 0 Å². The number of aliphatic hydroxyl groups excluding tert-OH is 2. The van der Waals surface area contributed by atoms with Gasteiger partial charge in [0.15, 0.2) is 11.6 Å². The molecule has 0 aromatic heterocycles. The van der Waals surface area contributed by atoms with E-state index in [1.54, 1.807) is 6.92 Å². The van der Waals surface area contributed by atoms with E-state index in [9.17, 15) is 19.0 Å². The minimum atomic E-state index is -1.17. The first-order valence-electron chi connectivity index (χ1n) is 4.37. The normalized spacial score (nSPS) is 15.2. The molecule has 2 nitrogen and oxygen atoms in total. The van der Waals surface area contributed by atoms with Crippen molar-refractivity contribution in [1.82, 2.24) is 0 Å². The molecule has 0 saturated heterocycles. The predicted octanol–water partition coefficient (Wildman–Crippen LogP) is 1.77. The quantitative estimate of drug-likeness (QED) is 0.784. The van der Waals surface area contributed by atoms with Crippen molar-refractivity contribution in [3.05, 3.63) is 35.4 Å². The number of hydrogen-bond acceptors (Lipinski definition) is 2. The van der Waals surface area contributed by atoms with Gasteiger partial charge in [0.1, 0.15) is 6.10 Å². The highest BCUT2D eigenvalue weighted by atomic mass is 19.2. The molecule has 0 radical (unpaired) electrons. The molecule has 78 valence electrons. The van der Waals surface area contributed by atoms with Gasteiger partial charge in [0.2, 0.25) is 0 Å². The molecule has 2 atom stereocenters. The zero-order chi connectivity index (χ0) is 10.7. The number of aliphatic hydroxyl groups is 2. The second-order valence-electron chi connectivity index (χ2n) is 3.09. The van der Waals surface area contributed by atoms with Gasteiger partial charge in [0.05, 0.1) is 6.10 Å². The van der Waals surface area contributed by atoms with Crippen molar-refractivity contribution in [2.24, 2.45) is 0 Å². The van der Waals surface area contributed by atoms with Crippen molar-refractivity contribution >= 4 is 0 Å². The molecule has 0 fully saturated rings. The van der Waals surface area contributed by atoms with Crippen molar-refractivity contribution < 1.29 is 19.0 Å². The van der Waals surface area contributed by atoms with E-state index in [1.165, 1.54) is 6.07 Å². The molecule has 14 heavy (non-hydrogen) atoms. The lowest BCUT2D eigenvalue weighted by Crippen LogP contribution is -2.17. The second-order valence-corrected chi connectivity index (χ2v) is 3.09. The highest BCUT2D eigenvalue weighted by Gasteiger charge is 2.17. The van der Waals surface area contributed by atoms with Crippen LogP contribution in [0.15, 0.2) is 18.2 Å². The summed E-state index contributed by atoms with van der Waals surface area (Å²) in [5.41, 5.74) is 0.179. The average Bonchev–Trinajstić information content (AvgIpc) is 2.20. The molecule has 2 N–H and O–H groups in total. The molecule has 0 aliphatic heterocycles. The molecule has 0 saturated carbocycles. The third kappa shape index (κ3) is 2.27. The minimum absolute atomic E-state index is 0.179. The van der Waals surface area contributed by atoms with E-state index in [0.717, 1.165) is 12.1 Å². The average molecular weight is 202 g/mol. The first-order valence-corrected chi connectivity index (χ1v) is 4.37. The van der Waals surface area contributed by atoms with Crippen LogP contribution in [-0.4, -0.2) is 16.3 Å². The highest BCUT2D eigenvalue weighted by molar-refractivity contribution is 5.20. The summed E-state index contributed by atoms with van der Waals surface area (Å²) in [5.74, 6) is -1.99. The van der Waals surface area contributed by atoms with Crippen LogP contribution in [0.1, 0.15) is 25.0 Å². The Hall–Kier alpha value is -1.00. The van der Waals surface area contributed by atoms with Crippen LogP contribution in [0.25, 0.3) is 0 Å². The Morgan fingerprint density at radius 2 is 1.86 bits per heavy atom. The maximum absolute atomic E-state index is 12.7. The summed E-state index contributed by atoms with van der Waals surface area (Å²) >= 11 is 0. The van der Waals surface area contributed by atoms with Gasteiger partial charge in [-0.15, -0.1) is 0 Å². The Morgan fingerprint density at radius 1 is 1.21 bits per heavy atom. The minimum Gasteiger partial charge on any atom is -0.390 e. The molecular weight excluding hydrogens is 190 g/mol. The fourth-order valence-electron chi connectivity index (χ4n) is 1.14. The summed E-state index contributed by atoms with van der Waals surface area (Å²) in [7, 11) is 0. The van der Waals surface area contributed by atoms with Crippen LogP contribution in [0, 0.1) is 11.6 Å². The van der Waals surface area contributed by atoms with Gasteiger partial charge >= 0.3 is 0 Å².